The number of hydrogen-bond donors (Lipinski definition) is 1. The monoisotopic (exact) mass is 323 g/mol. The smallest absolute Gasteiger partial charge is 0.185 e. The summed E-state index contributed by atoms with van der Waals surface area (Å²) >= 11 is 3.57. The van der Waals surface area contributed by atoms with Gasteiger partial charge in [-0.25, -0.2) is 4.98 Å². The summed E-state index contributed by atoms with van der Waals surface area (Å²) in [6.07, 6.45) is 1.00. The van der Waals surface area contributed by atoms with Crippen molar-refractivity contribution in [2.45, 2.75) is 40.3 Å². The van der Waals surface area contributed by atoms with Crippen LogP contribution in [0.25, 0.3) is 0 Å². The van der Waals surface area contributed by atoms with E-state index < -0.39 is 0 Å². The highest BCUT2D eigenvalue weighted by molar-refractivity contribution is 7.15. The van der Waals surface area contributed by atoms with Crippen LogP contribution in [0.3, 0.4) is 0 Å². The van der Waals surface area contributed by atoms with Crippen LogP contribution >= 0.6 is 22.7 Å². The van der Waals surface area contributed by atoms with Gasteiger partial charge in [0.2, 0.25) is 0 Å². The maximum atomic E-state index is 4.81. The summed E-state index contributed by atoms with van der Waals surface area (Å²) in [7, 11) is 2.13. The number of aromatic nitrogens is 1. The van der Waals surface area contributed by atoms with Crippen LogP contribution in [-0.2, 0) is 19.5 Å². The molecule has 21 heavy (non-hydrogen) atoms. The Balaban J connectivity index is 2.01. The van der Waals surface area contributed by atoms with Crippen molar-refractivity contribution in [2.75, 3.05) is 18.5 Å². The molecule has 0 spiro atoms. The van der Waals surface area contributed by atoms with E-state index in [1.807, 2.05) is 11.3 Å². The van der Waals surface area contributed by atoms with Crippen LogP contribution in [-0.4, -0.2) is 18.6 Å². The Hall–Kier alpha value is -0.910. The lowest BCUT2D eigenvalue weighted by atomic mass is 10.2. The third-order valence-corrected chi connectivity index (χ3v) is 5.21. The van der Waals surface area contributed by atoms with Crippen molar-refractivity contribution < 1.29 is 0 Å². The molecule has 2 aromatic rings. The Morgan fingerprint density at radius 2 is 2.19 bits per heavy atom. The minimum atomic E-state index is 0.684. The van der Waals surface area contributed by atoms with Crippen molar-refractivity contribution in [3.8, 4) is 0 Å². The first kappa shape index (κ1) is 16.5. The fourth-order valence-electron chi connectivity index (χ4n) is 2.15. The molecule has 3 nitrogen and oxygen atoms in total. The molecule has 0 atom stereocenters. The topological polar surface area (TPSA) is 28.2 Å². The normalized spacial score (nSPS) is 11.3. The van der Waals surface area contributed by atoms with Gasteiger partial charge in [-0.1, -0.05) is 20.8 Å². The average Bonchev–Trinajstić information content (AvgIpc) is 3.07. The lowest BCUT2D eigenvalue weighted by Gasteiger charge is -2.14. The summed E-state index contributed by atoms with van der Waals surface area (Å²) in [5.74, 6) is 0.684. The summed E-state index contributed by atoms with van der Waals surface area (Å²) in [5.41, 5.74) is 2.60. The van der Waals surface area contributed by atoms with Crippen molar-refractivity contribution >= 4 is 27.8 Å². The number of nitrogens with zero attached hydrogens (tertiary/aromatic N) is 2. The van der Waals surface area contributed by atoms with Crippen LogP contribution in [0, 0.1) is 5.92 Å². The molecule has 0 aliphatic rings. The second-order valence-corrected chi connectivity index (χ2v) is 7.57. The van der Waals surface area contributed by atoms with Crippen LogP contribution in [0.1, 0.15) is 36.9 Å². The summed E-state index contributed by atoms with van der Waals surface area (Å²) in [6, 6.07) is 2.18. The second-order valence-electron chi connectivity index (χ2n) is 5.73. The van der Waals surface area contributed by atoms with E-state index >= 15 is 0 Å². The van der Waals surface area contributed by atoms with E-state index in [-0.39, 0.29) is 0 Å². The fourth-order valence-corrected chi connectivity index (χ4v) is 3.88. The van der Waals surface area contributed by atoms with E-state index in [1.165, 1.54) is 16.1 Å². The highest BCUT2D eigenvalue weighted by Gasteiger charge is 2.13. The molecule has 0 bridgehead atoms. The average molecular weight is 324 g/mol. The molecular weight excluding hydrogens is 298 g/mol. The van der Waals surface area contributed by atoms with Crippen LogP contribution in [0.15, 0.2) is 16.8 Å². The Kier molecular flexibility index (Phi) is 6.21. The second kappa shape index (κ2) is 7.92. The molecule has 0 saturated heterocycles. The molecule has 2 aromatic heterocycles. The predicted molar refractivity (Wildman–Crippen MR) is 94.5 cm³/mol. The molecule has 2 heterocycles. The Bertz CT molecular complexity index is 532. The SMILES string of the molecule is CCc1nc(N(C)Cc2ccsc2)sc1CNCC(C)C. The van der Waals surface area contributed by atoms with Gasteiger partial charge < -0.3 is 10.2 Å². The molecule has 116 valence electrons. The van der Waals surface area contributed by atoms with Crippen LogP contribution < -0.4 is 10.2 Å². The van der Waals surface area contributed by atoms with Crippen LogP contribution in [0.5, 0.6) is 0 Å². The molecule has 0 amide bonds. The zero-order valence-corrected chi connectivity index (χ0v) is 15.0. The lowest BCUT2D eigenvalue weighted by Crippen LogP contribution is -2.19. The Morgan fingerprint density at radius 1 is 1.38 bits per heavy atom. The summed E-state index contributed by atoms with van der Waals surface area (Å²) in [6.45, 7) is 9.58. The lowest BCUT2D eigenvalue weighted by molar-refractivity contribution is 0.553. The quantitative estimate of drug-likeness (QED) is 0.791. The molecule has 0 unspecified atom stereocenters. The number of nitrogens with one attached hydrogen (secondary N) is 1. The van der Waals surface area contributed by atoms with Crippen molar-refractivity contribution in [3.05, 3.63) is 33.0 Å². The van der Waals surface area contributed by atoms with Gasteiger partial charge in [0, 0.05) is 25.0 Å². The summed E-state index contributed by atoms with van der Waals surface area (Å²) in [5, 5.41) is 8.98. The largest absolute Gasteiger partial charge is 0.347 e. The molecule has 1 N–H and O–H groups in total. The fraction of sp³-hybridized carbons (Fsp3) is 0.562. The van der Waals surface area contributed by atoms with Crippen molar-refractivity contribution in [3.63, 3.8) is 0 Å². The minimum absolute atomic E-state index is 0.684. The molecule has 2 rings (SSSR count). The van der Waals surface area contributed by atoms with Gasteiger partial charge >= 0.3 is 0 Å². The molecule has 0 fully saturated rings. The van der Waals surface area contributed by atoms with Gasteiger partial charge in [-0.15, -0.1) is 11.3 Å². The van der Waals surface area contributed by atoms with E-state index in [0.717, 1.165) is 31.2 Å². The molecule has 5 heteroatoms. The van der Waals surface area contributed by atoms with E-state index in [9.17, 15) is 0 Å². The predicted octanol–water partition coefficient (Wildman–Crippen LogP) is 4.15. The third-order valence-electron chi connectivity index (χ3n) is 3.27. The molecule has 0 radical (unpaired) electrons. The number of hydrogen-bond acceptors (Lipinski definition) is 5. The number of aryl methyl sites for hydroxylation is 1. The molecule has 0 aliphatic carbocycles. The molecule has 0 saturated carbocycles. The maximum Gasteiger partial charge on any atom is 0.185 e. The summed E-state index contributed by atoms with van der Waals surface area (Å²) < 4.78 is 0. The van der Waals surface area contributed by atoms with Gasteiger partial charge in [-0.2, -0.15) is 11.3 Å². The first-order valence-electron chi connectivity index (χ1n) is 7.51. The number of thiophene rings is 1. The van der Waals surface area contributed by atoms with Gasteiger partial charge in [-0.3, -0.25) is 0 Å². The third kappa shape index (κ3) is 4.80. The summed E-state index contributed by atoms with van der Waals surface area (Å²) in [4.78, 5) is 8.44. The Labute approximate surface area is 136 Å². The highest BCUT2D eigenvalue weighted by atomic mass is 32.1. The maximum absolute atomic E-state index is 4.81. The zero-order valence-electron chi connectivity index (χ0n) is 13.3. The van der Waals surface area contributed by atoms with Gasteiger partial charge in [0.15, 0.2) is 5.13 Å². The van der Waals surface area contributed by atoms with Crippen molar-refractivity contribution in [1.29, 1.82) is 0 Å². The minimum Gasteiger partial charge on any atom is -0.347 e. The number of rotatable bonds is 8. The number of anilines is 1. The van der Waals surface area contributed by atoms with E-state index in [0.29, 0.717) is 5.92 Å². The molecular formula is C16H25N3S2. The van der Waals surface area contributed by atoms with Gasteiger partial charge in [0.1, 0.15) is 0 Å². The van der Waals surface area contributed by atoms with E-state index in [4.69, 9.17) is 4.98 Å². The van der Waals surface area contributed by atoms with Gasteiger partial charge in [-0.05, 0) is 41.3 Å². The first-order valence-corrected chi connectivity index (χ1v) is 9.27. The first-order chi connectivity index (χ1) is 10.1. The van der Waals surface area contributed by atoms with E-state index in [1.54, 1.807) is 11.3 Å². The zero-order chi connectivity index (χ0) is 15.2. The Morgan fingerprint density at radius 3 is 2.81 bits per heavy atom. The van der Waals surface area contributed by atoms with Crippen LogP contribution in [0.4, 0.5) is 5.13 Å². The van der Waals surface area contributed by atoms with Gasteiger partial charge in [0.05, 0.1) is 5.69 Å². The molecule has 0 aliphatic heterocycles. The van der Waals surface area contributed by atoms with Crippen molar-refractivity contribution in [1.82, 2.24) is 10.3 Å². The molecule has 0 aromatic carbocycles. The highest BCUT2D eigenvalue weighted by Crippen LogP contribution is 2.27. The van der Waals surface area contributed by atoms with E-state index in [2.05, 4.69) is 54.9 Å². The standard InChI is InChI=1S/C16H25N3S2/c1-5-14-15(9-17-8-12(2)3)21-16(18-14)19(4)10-13-6-7-20-11-13/h6-7,11-12,17H,5,8-10H2,1-4H3. The van der Waals surface area contributed by atoms with Crippen molar-refractivity contribution in [2.24, 2.45) is 5.92 Å². The van der Waals surface area contributed by atoms with Crippen LogP contribution in [0.2, 0.25) is 0 Å². The number of thiazole rings is 1. The van der Waals surface area contributed by atoms with Gasteiger partial charge in [0.25, 0.3) is 0 Å².